The summed E-state index contributed by atoms with van der Waals surface area (Å²) in [5.41, 5.74) is 1.82. The van der Waals surface area contributed by atoms with Crippen molar-refractivity contribution in [1.82, 2.24) is 15.0 Å². The molecule has 3 rings (SSSR count). The summed E-state index contributed by atoms with van der Waals surface area (Å²) in [7, 11) is 0. The molecule has 2 aromatic heterocycles. The van der Waals surface area contributed by atoms with E-state index in [1.54, 1.807) is 0 Å². The summed E-state index contributed by atoms with van der Waals surface area (Å²) in [4.78, 5) is 11.3. The number of benzene rings is 1. The lowest BCUT2D eigenvalue weighted by atomic mass is 10.2. The first-order valence-corrected chi connectivity index (χ1v) is 4.61. The number of aromatic amines is 1. The Morgan fingerprint density at radius 1 is 1.14 bits per heavy atom. The third-order valence-corrected chi connectivity index (χ3v) is 2.54. The molecule has 3 nitrogen and oxygen atoms in total. The number of halogens is 1. The van der Waals surface area contributed by atoms with E-state index < -0.39 is 0 Å². The van der Waals surface area contributed by atoms with Gasteiger partial charge in [-0.25, -0.2) is 9.97 Å². The Labute approximate surface area is 84.7 Å². The monoisotopic (exact) mass is 203 g/mol. The van der Waals surface area contributed by atoms with Gasteiger partial charge >= 0.3 is 0 Å². The van der Waals surface area contributed by atoms with Gasteiger partial charge in [0, 0.05) is 10.9 Å². The minimum Gasteiger partial charge on any atom is -0.339 e. The van der Waals surface area contributed by atoms with Crippen LogP contribution in [0.3, 0.4) is 0 Å². The summed E-state index contributed by atoms with van der Waals surface area (Å²) in [6.45, 7) is 0. The van der Waals surface area contributed by atoms with Crippen molar-refractivity contribution in [2.45, 2.75) is 0 Å². The predicted octanol–water partition coefficient (Wildman–Crippen LogP) is 2.76. The van der Waals surface area contributed by atoms with E-state index in [4.69, 9.17) is 11.6 Å². The van der Waals surface area contributed by atoms with Gasteiger partial charge in [-0.05, 0) is 6.07 Å². The van der Waals surface area contributed by atoms with E-state index in [1.165, 1.54) is 6.33 Å². The van der Waals surface area contributed by atoms with E-state index in [-0.39, 0.29) is 0 Å². The molecule has 0 unspecified atom stereocenters. The Bertz CT molecular complexity index is 615. The molecule has 14 heavy (non-hydrogen) atoms. The highest BCUT2D eigenvalue weighted by Crippen LogP contribution is 2.27. The summed E-state index contributed by atoms with van der Waals surface area (Å²) in [5.74, 6) is 0. The van der Waals surface area contributed by atoms with Crippen LogP contribution < -0.4 is 0 Å². The van der Waals surface area contributed by atoms with E-state index >= 15 is 0 Å². The van der Waals surface area contributed by atoms with Crippen molar-refractivity contribution in [2.24, 2.45) is 0 Å². The Balaban J connectivity index is 2.65. The molecule has 1 N–H and O–H groups in total. The smallest absolute Gasteiger partial charge is 0.143 e. The molecule has 68 valence electrons. The van der Waals surface area contributed by atoms with Crippen LogP contribution >= 0.6 is 11.6 Å². The maximum Gasteiger partial charge on any atom is 0.143 e. The number of hydrogen-bond donors (Lipinski definition) is 1. The highest BCUT2D eigenvalue weighted by Gasteiger charge is 2.07. The van der Waals surface area contributed by atoms with Crippen molar-refractivity contribution in [3.63, 3.8) is 0 Å². The number of para-hydroxylation sites is 1. The molecule has 0 saturated heterocycles. The van der Waals surface area contributed by atoms with Gasteiger partial charge in [0.25, 0.3) is 0 Å². The van der Waals surface area contributed by atoms with Crippen LogP contribution in [0, 0.1) is 0 Å². The lowest BCUT2D eigenvalue weighted by Gasteiger charge is -1.91. The summed E-state index contributed by atoms with van der Waals surface area (Å²) >= 11 is 6.01. The normalized spacial score (nSPS) is 11.2. The van der Waals surface area contributed by atoms with Gasteiger partial charge in [0.1, 0.15) is 17.1 Å². The summed E-state index contributed by atoms with van der Waals surface area (Å²) in [5, 5.41) is 2.45. The number of hydrogen-bond acceptors (Lipinski definition) is 2. The van der Waals surface area contributed by atoms with Crippen LogP contribution in [0.4, 0.5) is 0 Å². The van der Waals surface area contributed by atoms with Crippen LogP contribution in [0.1, 0.15) is 0 Å². The fourth-order valence-corrected chi connectivity index (χ4v) is 1.87. The molecule has 2 heterocycles. The van der Waals surface area contributed by atoms with E-state index in [0.29, 0.717) is 5.15 Å². The lowest BCUT2D eigenvalue weighted by molar-refractivity contribution is 1.21. The van der Waals surface area contributed by atoms with Crippen molar-refractivity contribution in [3.8, 4) is 0 Å². The highest BCUT2D eigenvalue weighted by atomic mass is 35.5. The fourth-order valence-electron chi connectivity index (χ4n) is 1.64. The number of nitrogens with one attached hydrogen (secondary N) is 1. The summed E-state index contributed by atoms with van der Waals surface area (Å²) < 4.78 is 0. The number of aromatic nitrogens is 3. The Morgan fingerprint density at radius 3 is 2.93 bits per heavy atom. The number of rotatable bonds is 0. The highest BCUT2D eigenvalue weighted by molar-refractivity contribution is 6.36. The number of fused-ring (bicyclic) bond motifs is 3. The van der Waals surface area contributed by atoms with Gasteiger partial charge in [0.15, 0.2) is 0 Å². The van der Waals surface area contributed by atoms with Crippen LogP contribution in [0.2, 0.25) is 5.15 Å². The quantitative estimate of drug-likeness (QED) is 0.571. The summed E-state index contributed by atoms with van der Waals surface area (Å²) in [6, 6.07) is 7.94. The Morgan fingerprint density at radius 2 is 2.00 bits per heavy atom. The van der Waals surface area contributed by atoms with E-state index in [9.17, 15) is 0 Å². The second kappa shape index (κ2) is 2.69. The molecule has 0 radical (unpaired) electrons. The molecule has 0 aliphatic carbocycles. The van der Waals surface area contributed by atoms with Gasteiger partial charge in [0.2, 0.25) is 0 Å². The molecule has 4 heteroatoms. The standard InChI is InChI=1S/C10H6ClN3/c11-9-8-6-3-1-2-4-7(6)14-10(8)13-5-12-9/h1-5H,(H,12,13,14). The van der Waals surface area contributed by atoms with Gasteiger partial charge in [-0.15, -0.1) is 0 Å². The molecule has 0 spiro atoms. The van der Waals surface area contributed by atoms with Crippen molar-refractivity contribution in [1.29, 1.82) is 0 Å². The van der Waals surface area contributed by atoms with Crippen LogP contribution in [0.15, 0.2) is 30.6 Å². The first-order valence-electron chi connectivity index (χ1n) is 4.23. The molecule has 3 aromatic rings. The SMILES string of the molecule is Clc1ncnc2[nH]c3ccccc3c12. The van der Waals surface area contributed by atoms with E-state index in [0.717, 1.165) is 21.9 Å². The first-order chi connectivity index (χ1) is 6.86. The van der Waals surface area contributed by atoms with Gasteiger partial charge in [0.05, 0.1) is 5.39 Å². The average Bonchev–Trinajstić information content (AvgIpc) is 2.57. The number of H-pyrrole nitrogens is 1. The zero-order valence-corrected chi connectivity index (χ0v) is 7.92. The van der Waals surface area contributed by atoms with Gasteiger partial charge < -0.3 is 4.98 Å². The average molecular weight is 204 g/mol. The largest absolute Gasteiger partial charge is 0.339 e. The molecule has 0 amide bonds. The van der Waals surface area contributed by atoms with Gasteiger partial charge in [-0.2, -0.15) is 0 Å². The third-order valence-electron chi connectivity index (χ3n) is 2.25. The second-order valence-electron chi connectivity index (χ2n) is 3.06. The molecule has 0 fully saturated rings. The molecular formula is C10H6ClN3. The van der Waals surface area contributed by atoms with Crippen molar-refractivity contribution in [3.05, 3.63) is 35.7 Å². The summed E-state index contributed by atoms with van der Waals surface area (Å²) in [6.07, 6.45) is 1.46. The van der Waals surface area contributed by atoms with Crippen LogP contribution in [0.25, 0.3) is 21.9 Å². The zero-order valence-electron chi connectivity index (χ0n) is 7.16. The van der Waals surface area contributed by atoms with Crippen molar-refractivity contribution >= 4 is 33.5 Å². The van der Waals surface area contributed by atoms with Crippen LogP contribution in [-0.2, 0) is 0 Å². The molecular weight excluding hydrogens is 198 g/mol. The topological polar surface area (TPSA) is 41.6 Å². The molecule has 0 bridgehead atoms. The molecule has 0 aliphatic rings. The Hall–Kier alpha value is -1.61. The Kier molecular flexibility index (Phi) is 1.49. The maximum absolute atomic E-state index is 6.01. The fraction of sp³-hybridized carbons (Fsp3) is 0. The maximum atomic E-state index is 6.01. The van der Waals surface area contributed by atoms with E-state index in [2.05, 4.69) is 15.0 Å². The van der Waals surface area contributed by atoms with Gasteiger partial charge in [-0.1, -0.05) is 29.8 Å². The second-order valence-corrected chi connectivity index (χ2v) is 3.42. The number of nitrogens with zero attached hydrogens (tertiary/aromatic N) is 2. The van der Waals surface area contributed by atoms with Gasteiger partial charge in [-0.3, -0.25) is 0 Å². The minimum atomic E-state index is 0.493. The zero-order chi connectivity index (χ0) is 9.54. The molecule has 0 atom stereocenters. The molecule has 1 aromatic carbocycles. The van der Waals surface area contributed by atoms with Crippen LogP contribution in [-0.4, -0.2) is 15.0 Å². The predicted molar refractivity (Wildman–Crippen MR) is 56.4 cm³/mol. The van der Waals surface area contributed by atoms with Crippen LogP contribution in [0.5, 0.6) is 0 Å². The first kappa shape index (κ1) is 7.76. The van der Waals surface area contributed by atoms with Crippen molar-refractivity contribution < 1.29 is 0 Å². The lowest BCUT2D eigenvalue weighted by Crippen LogP contribution is -1.79. The molecule has 0 aliphatic heterocycles. The minimum absolute atomic E-state index is 0.493. The van der Waals surface area contributed by atoms with Crippen molar-refractivity contribution in [2.75, 3.05) is 0 Å². The molecule has 0 saturated carbocycles. The van der Waals surface area contributed by atoms with E-state index in [1.807, 2.05) is 24.3 Å². The third kappa shape index (κ3) is 0.930.